The summed E-state index contributed by atoms with van der Waals surface area (Å²) < 4.78 is 11.0. The average molecular weight is 449 g/mol. The van der Waals surface area contributed by atoms with Crippen molar-refractivity contribution >= 4 is 5.82 Å². The summed E-state index contributed by atoms with van der Waals surface area (Å²) in [6, 6.07) is 6.01. The number of aromatic nitrogens is 2. The molecule has 176 valence electrons. The quantitative estimate of drug-likeness (QED) is 0.664. The summed E-state index contributed by atoms with van der Waals surface area (Å²) in [6.45, 7) is 3.74. The average Bonchev–Trinajstić information content (AvgIpc) is 2.81. The topological polar surface area (TPSA) is 59.5 Å². The molecule has 1 aromatic heterocycles. The van der Waals surface area contributed by atoms with Gasteiger partial charge in [-0.25, -0.2) is 9.97 Å². The highest BCUT2D eigenvalue weighted by Gasteiger charge is 2.50. The van der Waals surface area contributed by atoms with Gasteiger partial charge in [0, 0.05) is 37.3 Å². The van der Waals surface area contributed by atoms with Crippen molar-refractivity contribution < 1.29 is 9.47 Å². The van der Waals surface area contributed by atoms with Gasteiger partial charge >= 0.3 is 0 Å². The Morgan fingerprint density at radius 3 is 2.48 bits per heavy atom. The number of nitrogens with zero attached hydrogens (tertiary/aromatic N) is 3. The zero-order valence-electron chi connectivity index (χ0n) is 20.0. The van der Waals surface area contributed by atoms with Crippen LogP contribution in [0.2, 0.25) is 0 Å². The molecule has 0 saturated heterocycles. The number of nitrogens with one attached hydrogen (secondary N) is 1. The molecule has 0 spiro atoms. The molecule has 4 saturated carbocycles. The third-order valence-electron chi connectivity index (χ3n) is 8.76. The van der Waals surface area contributed by atoms with Gasteiger partial charge in [-0.2, -0.15) is 0 Å². The van der Waals surface area contributed by atoms with Gasteiger partial charge in [-0.1, -0.05) is 0 Å². The molecule has 0 unspecified atom stereocenters. The van der Waals surface area contributed by atoms with E-state index in [9.17, 15) is 0 Å². The Balaban J connectivity index is 1.15. The van der Waals surface area contributed by atoms with Crippen molar-refractivity contribution in [3.8, 4) is 11.5 Å². The molecule has 4 bridgehead atoms. The van der Waals surface area contributed by atoms with Gasteiger partial charge in [0.1, 0.15) is 23.6 Å². The first kappa shape index (κ1) is 21.2. The van der Waals surface area contributed by atoms with Crippen LogP contribution in [0.5, 0.6) is 11.5 Å². The second-order valence-electron chi connectivity index (χ2n) is 11.1. The van der Waals surface area contributed by atoms with E-state index in [-0.39, 0.29) is 0 Å². The Morgan fingerprint density at radius 1 is 1.03 bits per heavy atom. The second kappa shape index (κ2) is 8.46. The predicted molar refractivity (Wildman–Crippen MR) is 128 cm³/mol. The van der Waals surface area contributed by atoms with Crippen LogP contribution in [0, 0.1) is 23.2 Å². The van der Waals surface area contributed by atoms with Crippen LogP contribution in [0.4, 0.5) is 5.82 Å². The molecule has 4 aliphatic carbocycles. The van der Waals surface area contributed by atoms with Crippen molar-refractivity contribution in [2.24, 2.45) is 23.2 Å². The zero-order chi connectivity index (χ0) is 22.4. The van der Waals surface area contributed by atoms with Crippen LogP contribution >= 0.6 is 0 Å². The van der Waals surface area contributed by atoms with Crippen LogP contribution in [0.3, 0.4) is 0 Å². The minimum Gasteiger partial charge on any atom is -0.497 e. The fourth-order valence-electron chi connectivity index (χ4n) is 7.72. The normalized spacial score (nSPS) is 30.2. The van der Waals surface area contributed by atoms with Crippen molar-refractivity contribution in [1.82, 2.24) is 14.9 Å². The Bertz CT molecular complexity index is 988. The largest absolute Gasteiger partial charge is 0.497 e. The molecular weight excluding hydrogens is 412 g/mol. The Hall–Kier alpha value is -2.34. The van der Waals surface area contributed by atoms with Gasteiger partial charge in [-0.15, -0.1) is 0 Å². The van der Waals surface area contributed by atoms with E-state index >= 15 is 0 Å². The summed E-state index contributed by atoms with van der Waals surface area (Å²) in [6.07, 6.45) is 11.5. The van der Waals surface area contributed by atoms with E-state index in [4.69, 9.17) is 14.5 Å². The van der Waals surface area contributed by atoms with E-state index in [1.54, 1.807) is 20.5 Å². The van der Waals surface area contributed by atoms with Gasteiger partial charge in [0.2, 0.25) is 0 Å². The maximum absolute atomic E-state index is 5.59. The first-order chi connectivity index (χ1) is 16.1. The van der Waals surface area contributed by atoms with Gasteiger partial charge in [-0.3, -0.25) is 4.90 Å². The van der Waals surface area contributed by atoms with E-state index in [1.165, 1.54) is 44.1 Å². The van der Waals surface area contributed by atoms with Crippen LogP contribution in [0.1, 0.15) is 55.3 Å². The maximum Gasteiger partial charge on any atom is 0.132 e. The van der Waals surface area contributed by atoms with Gasteiger partial charge in [-0.05, 0) is 86.3 Å². The number of methoxy groups -OCH3 is 2. The van der Waals surface area contributed by atoms with Crippen LogP contribution < -0.4 is 14.8 Å². The van der Waals surface area contributed by atoms with Gasteiger partial charge in [0.25, 0.3) is 0 Å². The molecule has 0 atom stereocenters. The Kier molecular flexibility index (Phi) is 5.44. The number of rotatable bonds is 7. The molecule has 6 nitrogen and oxygen atoms in total. The number of benzene rings is 1. The van der Waals surface area contributed by atoms with Crippen molar-refractivity contribution in [2.75, 3.05) is 32.6 Å². The molecule has 2 heterocycles. The summed E-state index contributed by atoms with van der Waals surface area (Å²) >= 11 is 0. The highest BCUT2D eigenvalue weighted by Crippen LogP contribution is 2.59. The maximum atomic E-state index is 5.59. The van der Waals surface area contributed by atoms with Gasteiger partial charge in [0.05, 0.1) is 19.9 Å². The molecule has 4 fully saturated rings. The van der Waals surface area contributed by atoms with Crippen molar-refractivity contribution in [3.63, 3.8) is 0 Å². The summed E-state index contributed by atoms with van der Waals surface area (Å²) in [5.74, 6) is 5.80. The van der Waals surface area contributed by atoms with E-state index < -0.39 is 0 Å². The number of anilines is 1. The SMILES string of the molecule is COc1ccc(OC)c(CN2CCc3c(ncnc3NCC34CC5CC(CC(C5)C3)C4)C2)c1. The summed E-state index contributed by atoms with van der Waals surface area (Å²) in [7, 11) is 3.43. The lowest BCUT2D eigenvalue weighted by molar-refractivity contribution is -0.0444. The molecular formula is C27H36N4O2. The lowest BCUT2D eigenvalue weighted by Crippen LogP contribution is -2.49. The standard InChI is InChI=1S/C27H36N4O2/c1-32-22-3-4-25(33-2)21(10-22)14-31-6-5-23-24(15-31)29-17-30-26(23)28-16-27-11-18-7-19(12-27)9-20(8-18)13-27/h3-4,10,17-20H,5-9,11-16H2,1-2H3,(H,28,29,30). The van der Waals surface area contributed by atoms with Gasteiger partial charge in [0.15, 0.2) is 0 Å². The van der Waals surface area contributed by atoms with E-state index in [0.717, 1.165) is 78.9 Å². The molecule has 5 aliphatic rings. The molecule has 6 heteroatoms. The Labute approximate surface area is 197 Å². The van der Waals surface area contributed by atoms with E-state index in [2.05, 4.69) is 21.3 Å². The summed E-state index contributed by atoms with van der Waals surface area (Å²) in [5, 5.41) is 3.82. The molecule has 1 aliphatic heterocycles. The minimum absolute atomic E-state index is 0.510. The summed E-state index contributed by atoms with van der Waals surface area (Å²) in [5.41, 5.74) is 4.13. The predicted octanol–water partition coefficient (Wildman–Crippen LogP) is 4.68. The third-order valence-corrected chi connectivity index (χ3v) is 8.76. The molecule has 1 N–H and O–H groups in total. The number of hydrogen-bond acceptors (Lipinski definition) is 6. The first-order valence-corrected chi connectivity index (χ1v) is 12.6. The molecule has 2 aromatic rings. The van der Waals surface area contributed by atoms with Crippen LogP contribution in [0.25, 0.3) is 0 Å². The van der Waals surface area contributed by atoms with E-state index in [1.807, 2.05) is 12.1 Å². The summed E-state index contributed by atoms with van der Waals surface area (Å²) in [4.78, 5) is 11.8. The van der Waals surface area contributed by atoms with Crippen LogP contribution in [-0.4, -0.2) is 42.2 Å². The highest BCUT2D eigenvalue weighted by molar-refractivity contribution is 5.47. The number of hydrogen-bond donors (Lipinski definition) is 1. The fraction of sp³-hybridized carbons (Fsp3) is 0.630. The highest BCUT2D eigenvalue weighted by atomic mass is 16.5. The number of fused-ring (bicyclic) bond motifs is 1. The molecule has 0 amide bonds. The van der Waals surface area contributed by atoms with E-state index in [0.29, 0.717) is 5.41 Å². The Morgan fingerprint density at radius 2 is 1.79 bits per heavy atom. The monoisotopic (exact) mass is 448 g/mol. The molecule has 1 aromatic carbocycles. The van der Waals surface area contributed by atoms with Crippen LogP contribution in [0.15, 0.2) is 24.5 Å². The van der Waals surface area contributed by atoms with Crippen LogP contribution in [-0.2, 0) is 19.5 Å². The molecule has 33 heavy (non-hydrogen) atoms. The fourth-order valence-corrected chi connectivity index (χ4v) is 7.72. The van der Waals surface area contributed by atoms with Crippen molar-refractivity contribution in [2.45, 2.75) is 58.0 Å². The first-order valence-electron chi connectivity index (χ1n) is 12.6. The smallest absolute Gasteiger partial charge is 0.132 e. The second-order valence-corrected chi connectivity index (χ2v) is 11.1. The lowest BCUT2D eigenvalue weighted by atomic mass is 9.49. The lowest BCUT2D eigenvalue weighted by Gasteiger charge is -2.57. The van der Waals surface area contributed by atoms with Crippen molar-refractivity contribution in [1.29, 1.82) is 0 Å². The van der Waals surface area contributed by atoms with Crippen molar-refractivity contribution in [3.05, 3.63) is 41.3 Å². The number of ether oxygens (including phenoxy) is 2. The van der Waals surface area contributed by atoms with Gasteiger partial charge < -0.3 is 14.8 Å². The third kappa shape index (κ3) is 4.07. The molecule has 0 radical (unpaired) electrons. The minimum atomic E-state index is 0.510. The zero-order valence-corrected chi connectivity index (χ0v) is 20.0. The molecule has 7 rings (SSSR count).